The number of carbonyl (C=O) groups is 1. The Morgan fingerprint density at radius 1 is 1.42 bits per heavy atom. The molecule has 128 valence electrons. The highest BCUT2D eigenvalue weighted by Crippen LogP contribution is 2.36. The van der Waals surface area contributed by atoms with Crippen LogP contribution in [0.5, 0.6) is 0 Å². The van der Waals surface area contributed by atoms with Gasteiger partial charge in [-0.2, -0.15) is 0 Å². The van der Waals surface area contributed by atoms with Crippen LogP contribution >= 0.6 is 11.6 Å². The van der Waals surface area contributed by atoms with Crippen molar-refractivity contribution in [3.63, 3.8) is 0 Å². The molecule has 3 rings (SSSR count). The van der Waals surface area contributed by atoms with E-state index < -0.39 is 0 Å². The van der Waals surface area contributed by atoms with E-state index in [-0.39, 0.29) is 17.9 Å². The van der Waals surface area contributed by atoms with E-state index in [0.717, 1.165) is 24.5 Å². The highest BCUT2D eigenvalue weighted by atomic mass is 35.5. The molecule has 1 saturated heterocycles. The predicted octanol–water partition coefficient (Wildman–Crippen LogP) is 2.88. The molecule has 2 aromatic rings. The molecule has 1 amide bonds. The second-order valence-electron chi connectivity index (χ2n) is 6.06. The molecule has 1 aliphatic rings. The normalized spacial score (nSPS) is 21.1. The molecule has 0 saturated carbocycles. The number of rotatable bonds is 5. The van der Waals surface area contributed by atoms with E-state index >= 15 is 0 Å². The Labute approximate surface area is 146 Å². The lowest BCUT2D eigenvalue weighted by Gasteiger charge is -2.40. The smallest absolute Gasteiger partial charge is 0.223 e. The molecule has 2 aromatic heterocycles. The number of piperidine rings is 1. The monoisotopic (exact) mass is 347 g/mol. The summed E-state index contributed by atoms with van der Waals surface area (Å²) >= 11 is 6.18. The highest BCUT2D eigenvalue weighted by molar-refractivity contribution is 6.33. The number of hydrogen-bond acceptors (Lipinski definition) is 4. The number of aryl methyl sites for hydroxylation is 1. The Bertz CT molecular complexity index is 717. The van der Waals surface area contributed by atoms with Gasteiger partial charge in [0.2, 0.25) is 5.91 Å². The number of halogens is 1. The third kappa shape index (κ3) is 3.24. The van der Waals surface area contributed by atoms with Gasteiger partial charge in [0.15, 0.2) is 0 Å². The van der Waals surface area contributed by atoms with Gasteiger partial charge >= 0.3 is 0 Å². The summed E-state index contributed by atoms with van der Waals surface area (Å²) in [6, 6.07) is 1.84. The minimum atomic E-state index is -0.0237. The average molecular weight is 348 g/mol. The zero-order chi connectivity index (χ0) is 17.1. The molecule has 1 aliphatic heterocycles. The summed E-state index contributed by atoms with van der Waals surface area (Å²) in [5.41, 5.74) is 0.866. The number of aromatic nitrogens is 3. The van der Waals surface area contributed by atoms with Crippen molar-refractivity contribution < 1.29 is 4.79 Å². The molecule has 3 heterocycles. The summed E-state index contributed by atoms with van der Waals surface area (Å²) in [6.07, 6.45) is 8.46. The van der Waals surface area contributed by atoms with Gasteiger partial charge in [-0.15, -0.1) is 0 Å². The summed E-state index contributed by atoms with van der Waals surface area (Å²) in [7, 11) is 1.97. The number of nitrogens with zero attached hydrogens (tertiary/aromatic N) is 4. The fourth-order valence-electron chi connectivity index (χ4n) is 3.38. The summed E-state index contributed by atoms with van der Waals surface area (Å²) in [5, 5.41) is 4.01. The lowest BCUT2D eigenvalue weighted by Crippen LogP contribution is -2.45. The number of hydrogen-bond donors (Lipinski definition) is 1. The molecule has 7 heteroatoms. The van der Waals surface area contributed by atoms with Crippen molar-refractivity contribution in [1.82, 2.24) is 19.4 Å². The van der Waals surface area contributed by atoms with Gasteiger partial charge in [0.25, 0.3) is 0 Å². The van der Waals surface area contributed by atoms with Gasteiger partial charge in [0.05, 0.1) is 16.8 Å². The quantitative estimate of drug-likeness (QED) is 0.903. The third-order valence-corrected chi connectivity index (χ3v) is 4.92. The maximum atomic E-state index is 12.4. The fraction of sp³-hybridized carbons (Fsp3) is 0.471. The van der Waals surface area contributed by atoms with Gasteiger partial charge in [-0.05, 0) is 19.4 Å². The van der Waals surface area contributed by atoms with Gasteiger partial charge in [-0.1, -0.05) is 11.6 Å². The molecule has 0 radical (unpaired) electrons. The summed E-state index contributed by atoms with van der Waals surface area (Å²) in [4.78, 5) is 22.8. The van der Waals surface area contributed by atoms with Gasteiger partial charge in [-0.25, -0.2) is 4.98 Å². The fourth-order valence-corrected chi connectivity index (χ4v) is 3.56. The molecular weight excluding hydrogens is 326 g/mol. The highest BCUT2D eigenvalue weighted by Gasteiger charge is 2.38. The van der Waals surface area contributed by atoms with Crippen LogP contribution < -0.4 is 5.32 Å². The summed E-state index contributed by atoms with van der Waals surface area (Å²) in [5.74, 6) is 1.40. The molecule has 24 heavy (non-hydrogen) atoms. The Morgan fingerprint density at radius 3 is 2.92 bits per heavy atom. The molecule has 0 spiro atoms. The number of likely N-dealkylation sites (tertiary alicyclic amines) is 1. The number of imidazole rings is 1. The molecule has 2 atom stereocenters. The zero-order valence-electron chi connectivity index (χ0n) is 13.9. The Hall–Kier alpha value is -2.08. The molecule has 0 aliphatic carbocycles. The van der Waals surface area contributed by atoms with Crippen molar-refractivity contribution in [2.75, 3.05) is 18.4 Å². The van der Waals surface area contributed by atoms with Crippen molar-refractivity contribution in [3.8, 4) is 0 Å². The zero-order valence-corrected chi connectivity index (χ0v) is 14.7. The van der Waals surface area contributed by atoms with Crippen LogP contribution in [0.15, 0.2) is 30.9 Å². The molecule has 1 fully saturated rings. The maximum Gasteiger partial charge on any atom is 0.223 e. The molecule has 0 bridgehead atoms. The lowest BCUT2D eigenvalue weighted by molar-refractivity contribution is -0.138. The van der Waals surface area contributed by atoms with E-state index in [1.807, 2.05) is 35.7 Å². The van der Waals surface area contributed by atoms with Crippen LogP contribution in [0.25, 0.3) is 0 Å². The van der Waals surface area contributed by atoms with Crippen LogP contribution in [-0.4, -0.2) is 38.4 Å². The van der Waals surface area contributed by atoms with Crippen LogP contribution in [0.2, 0.25) is 5.02 Å². The van der Waals surface area contributed by atoms with Crippen LogP contribution in [0.3, 0.4) is 0 Å². The van der Waals surface area contributed by atoms with E-state index in [0.29, 0.717) is 18.0 Å². The van der Waals surface area contributed by atoms with Crippen molar-refractivity contribution in [3.05, 3.63) is 41.7 Å². The standard InChI is InChI=1S/C17H22ClN5O/c1-3-23-15(24)5-4-12(16(23)17-20-8-9-22(17)2)10-21-14-6-7-19-11-13(14)18/h6-9,11-12,16H,3-5,10H2,1-2H3,(H,19,21)/t12-,16+/m1/s1. The Kier molecular flexibility index (Phi) is 5.04. The minimum Gasteiger partial charge on any atom is -0.383 e. The molecule has 6 nitrogen and oxygen atoms in total. The minimum absolute atomic E-state index is 0.0237. The largest absolute Gasteiger partial charge is 0.383 e. The van der Waals surface area contributed by atoms with Crippen LogP contribution in [0, 0.1) is 5.92 Å². The molecule has 0 aromatic carbocycles. The van der Waals surface area contributed by atoms with Gasteiger partial charge < -0.3 is 14.8 Å². The Balaban J connectivity index is 1.83. The van der Waals surface area contributed by atoms with E-state index in [4.69, 9.17) is 11.6 Å². The van der Waals surface area contributed by atoms with E-state index in [9.17, 15) is 4.79 Å². The van der Waals surface area contributed by atoms with Crippen molar-refractivity contribution in [2.45, 2.75) is 25.8 Å². The number of nitrogens with one attached hydrogen (secondary N) is 1. The third-order valence-electron chi connectivity index (χ3n) is 4.62. The summed E-state index contributed by atoms with van der Waals surface area (Å²) < 4.78 is 2.00. The van der Waals surface area contributed by atoms with Gasteiger partial charge in [0.1, 0.15) is 5.82 Å². The van der Waals surface area contributed by atoms with Gasteiger partial charge in [-0.3, -0.25) is 9.78 Å². The van der Waals surface area contributed by atoms with Crippen molar-refractivity contribution >= 4 is 23.2 Å². The lowest BCUT2D eigenvalue weighted by atomic mass is 9.87. The summed E-state index contributed by atoms with van der Waals surface area (Å²) in [6.45, 7) is 3.43. The van der Waals surface area contributed by atoms with Crippen LogP contribution in [0.1, 0.15) is 31.6 Å². The second kappa shape index (κ2) is 7.21. The van der Waals surface area contributed by atoms with Crippen molar-refractivity contribution in [1.29, 1.82) is 0 Å². The number of amides is 1. The van der Waals surface area contributed by atoms with E-state index in [2.05, 4.69) is 15.3 Å². The van der Waals surface area contributed by atoms with E-state index in [1.165, 1.54) is 0 Å². The first-order chi connectivity index (χ1) is 11.6. The number of pyridine rings is 1. The van der Waals surface area contributed by atoms with Crippen LogP contribution in [0.4, 0.5) is 5.69 Å². The topological polar surface area (TPSA) is 63.1 Å². The average Bonchev–Trinajstić information content (AvgIpc) is 3.00. The second-order valence-corrected chi connectivity index (χ2v) is 6.46. The van der Waals surface area contributed by atoms with Crippen LogP contribution in [-0.2, 0) is 11.8 Å². The van der Waals surface area contributed by atoms with Crippen molar-refractivity contribution in [2.24, 2.45) is 13.0 Å². The SMILES string of the molecule is CCN1C(=O)CC[C@H](CNc2ccncc2Cl)[C@H]1c1nccn1C. The first-order valence-corrected chi connectivity index (χ1v) is 8.59. The predicted molar refractivity (Wildman–Crippen MR) is 93.8 cm³/mol. The first-order valence-electron chi connectivity index (χ1n) is 8.22. The molecule has 0 unspecified atom stereocenters. The first kappa shape index (κ1) is 16.8. The van der Waals surface area contributed by atoms with Gasteiger partial charge in [0, 0.05) is 57.3 Å². The molecule has 1 N–H and O–H groups in total. The number of anilines is 1. The van der Waals surface area contributed by atoms with E-state index in [1.54, 1.807) is 18.6 Å². The Morgan fingerprint density at radius 2 is 2.25 bits per heavy atom. The maximum absolute atomic E-state index is 12.4. The molecular formula is C17H22ClN5O. The number of carbonyl (C=O) groups excluding carboxylic acids is 1.